The van der Waals surface area contributed by atoms with Gasteiger partial charge in [-0.1, -0.05) is 60.7 Å². The summed E-state index contributed by atoms with van der Waals surface area (Å²) in [5.74, 6) is 1.84. The first-order chi connectivity index (χ1) is 16.2. The van der Waals surface area contributed by atoms with Crippen LogP contribution in [0.25, 0.3) is 0 Å². The van der Waals surface area contributed by atoms with Crippen LogP contribution >= 0.6 is 0 Å². The number of piperidine rings is 1. The van der Waals surface area contributed by atoms with Crippen LogP contribution in [-0.4, -0.2) is 36.1 Å². The van der Waals surface area contributed by atoms with E-state index in [1.54, 1.807) is 0 Å². The molecule has 5 rings (SSSR count). The third kappa shape index (κ3) is 4.23. The normalized spacial score (nSPS) is 17.0. The number of benzene rings is 3. The molecule has 0 unspecified atom stereocenters. The van der Waals surface area contributed by atoms with Crippen LogP contribution in [-0.2, 0) is 5.41 Å². The topological polar surface area (TPSA) is 46.6 Å². The fraction of sp³-hybridized carbons (Fsp3) is 0.310. The second-order valence-electron chi connectivity index (χ2n) is 9.09. The Morgan fingerprint density at radius 3 is 2.27 bits per heavy atom. The van der Waals surface area contributed by atoms with E-state index in [0.29, 0.717) is 17.7 Å². The summed E-state index contributed by atoms with van der Waals surface area (Å²) in [6.45, 7) is 2.70. The van der Waals surface area contributed by atoms with Crippen LogP contribution in [0.5, 0.6) is 11.5 Å². The highest BCUT2D eigenvalue weighted by atomic mass is 16.5. The molecule has 3 aromatic rings. The largest absolute Gasteiger partial charge is 0.456 e. The monoisotopic (exact) mass is 439 g/mol. The molecule has 0 saturated carbocycles. The van der Waals surface area contributed by atoms with E-state index in [4.69, 9.17) is 4.74 Å². The fourth-order valence-corrected chi connectivity index (χ4v) is 5.24. The van der Waals surface area contributed by atoms with Gasteiger partial charge in [-0.2, -0.15) is 0 Å². The fourth-order valence-electron chi connectivity index (χ4n) is 5.24. The van der Waals surface area contributed by atoms with E-state index in [-0.39, 0.29) is 11.6 Å². The summed E-state index contributed by atoms with van der Waals surface area (Å²) in [6, 6.07) is 25.1. The van der Waals surface area contributed by atoms with E-state index in [1.807, 2.05) is 72.8 Å². The summed E-state index contributed by atoms with van der Waals surface area (Å²) >= 11 is 0. The highest BCUT2D eigenvalue weighted by molar-refractivity contribution is 6.07. The standard InChI is InChI=1S/C29H29NO3/c31-25(22-10-2-1-3-11-22)14-8-9-19-30-20-17-29(18-21-30)24-13-5-7-16-27(24)33-26-15-6-4-12-23(26)28(29)32/h1-7,10-13,15-16H,8-9,14,17-21H2. The number of para-hydroxylation sites is 2. The number of hydrogen-bond donors (Lipinski definition) is 0. The van der Waals surface area contributed by atoms with Crippen molar-refractivity contribution in [3.63, 3.8) is 0 Å². The maximum atomic E-state index is 13.8. The Morgan fingerprint density at radius 2 is 1.48 bits per heavy atom. The minimum absolute atomic E-state index is 0.177. The second-order valence-corrected chi connectivity index (χ2v) is 9.09. The number of fused-ring (bicyclic) bond motifs is 3. The van der Waals surface area contributed by atoms with Gasteiger partial charge in [-0.15, -0.1) is 0 Å². The SMILES string of the molecule is O=C(CCCCN1CCC2(CC1)C(=O)c1ccccc1Oc1ccccc12)c1ccccc1. The van der Waals surface area contributed by atoms with Crippen LogP contribution in [0.1, 0.15) is 58.4 Å². The van der Waals surface area contributed by atoms with Crippen LogP contribution in [0.3, 0.4) is 0 Å². The maximum Gasteiger partial charge on any atom is 0.177 e. The van der Waals surface area contributed by atoms with Gasteiger partial charge < -0.3 is 9.64 Å². The number of ether oxygens (including phenoxy) is 1. The van der Waals surface area contributed by atoms with Gasteiger partial charge in [0.25, 0.3) is 0 Å². The zero-order valence-corrected chi connectivity index (χ0v) is 18.8. The van der Waals surface area contributed by atoms with Gasteiger partial charge in [-0.25, -0.2) is 0 Å². The molecule has 3 aromatic carbocycles. The molecule has 1 fully saturated rings. The summed E-state index contributed by atoms with van der Waals surface area (Å²) < 4.78 is 6.20. The van der Waals surface area contributed by atoms with Crippen LogP contribution in [0.15, 0.2) is 78.9 Å². The first-order valence-corrected chi connectivity index (χ1v) is 11.9. The lowest BCUT2D eigenvalue weighted by Gasteiger charge is -2.40. The molecule has 2 aliphatic rings. The zero-order chi connectivity index (χ0) is 22.7. The summed E-state index contributed by atoms with van der Waals surface area (Å²) in [6.07, 6.45) is 4.02. The Hall–Kier alpha value is -3.24. The molecule has 0 atom stereocenters. The highest BCUT2D eigenvalue weighted by Crippen LogP contribution is 2.47. The van der Waals surface area contributed by atoms with Gasteiger partial charge in [0, 0.05) is 17.5 Å². The lowest BCUT2D eigenvalue weighted by molar-refractivity contribution is 0.0769. The van der Waals surface area contributed by atoms with E-state index >= 15 is 0 Å². The van der Waals surface area contributed by atoms with E-state index in [0.717, 1.165) is 62.2 Å². The highest BCUT2D eigenvalue weighted by Gasteiger charge is 2.47. The molecule has 168 valence electrons. The third-order valence-corrected chi connectivity index (χ3v) is 7.12. The van der Waals surface area contributed by atoms with Crippen molar-refractivity contribution >= 4 is 11.6 Å². The molecule has 0 N–H and O–H groups in total. The van der Waals surface area contributed by atoms with Crippen molar-refractivity contribution in [1.82, 2.24) is 4.90 Å². The summed E-state index contributed by atoms with van der Waals surface area (Å²) in [7, 11) is 0. The average Bonchev–Trinajstić information content (AvgIpc) is 2.97. The molecule has 0 aliphatic carbocycles. The van der Waals surface area contributed by atoms with Gasteiger partial charge >= 0.3 is 0 Å². The van der Waals surface area contributed by atoms with Crippen LogP contribution < -0.4 is 4.74 Å². The number of nitrogens with zero attached hydrogens (tertiary/aromatic N) is 1. The molecule has 1 saturated heterocycles. The Morgan fingerprint density at radius 1 is 0.818 bits per heavy atom. The van der Waals surface area contributed by atoms with E-state index < -0.39 is 5.41 Å². The molecule has 0 radical (unpaired) electrons. The number of rotatable bonds is 6. The Labute approximate surface area is 195 Å². The summed E-state index contributed by atoms with van der Waals surface area (Å²) in [5, 5.41) is 0. The number of likely N-dealkylation sites (tertiary alicyclic amines) is 1. The molecule has 4 heteroatoms. The zero-order valence-electron chi connectivity index (χ0n) is 18.8. The number of Topliss-reactive ketones (excluding diaryl/α,β-unsaturated/α-hetero) is 2. The first-order valence-electron chi connectivity index (χ1n) is 11.9. The van der Waals surface area contributed by atoms with Crippen molar-refractivity contribution in [2.45, 2.75) is 37.5 Å². The summed E-state index contributed by atoms with van der Waals surface area (Å²) in [5.41, 5.74) is 1.95. The van der Waals surface area contributed by atoms with Gasteiger partial charge in [-0.05, 0) is 63.5 Å². The van der Waals surface area contributed by atoms with Crippen LogP contribution in [0, 0.1) is 0 Å². The predicted octanol–water partition coefficient (Wildman–Crippen LogP) is 6.06. The maximum absolute atomic E-state index is 13.8. The minimum atomic E-state index is -0.539. The van der Waals surface area contributed by atoms with Gasteiger partial charge in [0.1, 0.15) is 11.5 Å². The quantitative estimate of drug-likeness (QED) is 0.346. The van der Waals surface area contributed by atoms with Crippen molar-refractivity contribution in [3.05, 3.63) is 95.6 Å². The van der Waals surface area contributed by atoms with E-state index in [2.05, 4.69) is 11.0 Å². The van der Waals surface area contributed by atoms with Crippen molar-refractivity contribution in [2.75, 3.05) is 19.6 Å². The number of carbonyl (C=O) groups is 2. The Balaban J connectivity index is 1.24. The van der Waals surface area contributed by atoms with Gasteiger partial charge in [-0.3, -0.25) is 9.59 Å². The van der Waals surface area contributed by atoms with E-state index in [1.165, 1.54) is 0 Å². The molecule has 4 nitrogen and oxygen atoms in total. The van der Waals surface area contributed by atoms with Gasteiger partial charge in [0.2, 0.25) is 0 Å². The molecule has 0 aromatic heterocycles. The number of carbonyl (C=O) groups excluding carboxylic acids is 2. The predicted molar refractivity (Wildman–Crippen MR) is 129 cm³/mol. The van der Waals surface area contributed by atoms with Crippen molar-refractivity contribution < 1.29 is 14.3 Å². The number of hydrogen-bond acceptors (Lipinski definition) is 4. The third-order valence-electron chi connectivity index (χ3n) is 7.12. The van der Waals surface area contributed by atoms with Crippen molar-refractivity contribution in [1.29, 1.82) is 0 Å². The minimum Gasteiger partial charge on any atom is -0.456 e. The first kappa shape index (κ1) is 21.6. The molecular weight excluding hydrogens is 410 g/mol. The Bertz CT molecular complexity index is 1150. The van der Waals surface area contributed by atoms with Crippen LogP contribution in [0.4, 0.5) is 0 Å². The number of unbranched alkanes of at least 4 members (excludes halogenated alkanes) is 1. The smallest absolute Gasteiger partial charge is 0.177 e. The van der Waals surface area contributed by atoms with E-state index in [9.17, 15) is 9.59 Å². The number of ketones is 2. The molecule has 2 heterocycles. The van der Waals surface area contributed by atoms with Gasteiger partial charge in [0.05, 0.1) is 11.0 Å². The van der Waals surface area contributed by atoms with Crippen molar-refractivity contribution in [3.8, 4) is 11.5 Å². The average molecular weight is 440 g/mol. The van der Waals surface area contributed by atoms with Gasteiger partial charge in [0.15, 0.2) is 11.6 Å². The lowest BCUT2D eigenvalue weighted by atomic mass is 9.68. The molecule has 1 spiro atoms. The molecule has 0 bridgehead atoms. The Kier molecular flexibility index (Phi) is 6.10. The molecule has 0 amide bonds. The van der Waals surface area contributed by atoms with Crippen molar-refractivity contribution in [2.24, 2.45) is 0 Å². The second kappa shape index (κ2) is 9.32. The molecule has 2 aliphatic heterocycles. The van der Waals surface area contributed by atoms with Crippen LogP contribution in [0.2, 0.25) is 0 Å². The molecular formula is C29H29NO3. The lowest BCUT2D eigenvalue weighted by Crippen LogP contribution is -2.47. The summed E-state index contributed by atoms with van der Waals surface area (Å²) in [4.78, 5) is 28.6. The molecule has 33 heavy (non-hydrogen) atoms.